The second-order valence-corrected chi connectivity index (χ2v) is 6.59. The van der Waals surface area contributed by atoms with Crippen molar-refractivity contribution in [2.45, 2.75) is 32.1 Å². The summed E-state index contributed by atoms with van der Waals surface area (Å²) in [7, 11) is 0. The molecule has 0 radical (unpaired) electrons. The fourth-order valence-corrected chi connectivity index (χ4v) is 2.86. The molecule has 2 N–H and O–H groups in total. The van der Waals surface area contributed by atoms with Crippen LogP contribution in [0, 0.1) is 12.7 Å². The van der Waals surface area contributed by atoms with Crippen LogP contribution >= 0.6 is 0 Å². The number of hydrogen-bond donors (Lipinski definition) is 2. The number of amides is 1. The molecule has 0 aliphatic rings. The van der Waals surface area contributed by atoms with Gasteiger partial charge >= 0.3 is 5.97 Å². The molecule has 1 atom stereocenters. The first-order valence-corrected chi connectivity index (χ1v) is 8.06. The predicted octanol–water partition coefficient (Wildman–Crippen LogP) is 3.40. The van der Waals surface area contributed by atoms with Gasteiger partial charge in [-0.25, -0.2) is 4.39 Å². The van der Waals surface area contributed by atoms with Crippen LogP contribution in [0.25, 0.3) is 0 Å². The van der Waals surface area contributed by atoms with Crippen LogP contribution in [-0.4, -0.2) is 23.5 Å². The van der Waals surface area contributed by atoms with Crippen molar-refractivity contribution in [1.29, 1.82) is 0 Å². The minimum absolute atomic E-state index is 0.0604. The second-order valence-electron chi connectivity index (χ2n) is 6.59. The summed E-state index contributed by atoms with van der Waals surface area (Å²) < 4.78 is 13.0. The largest absolute Gasteiger partial charge is 0.481 e. The average molecular weight is 343 g/mol. The van der Waals surface area contributed by atoms with Crippen molar-refractivity contribution < 1.29 is 19.1 Å². The molecule has 1 amide bonds. The highest BCUT2D eigenvalue weighted by Gasteiger charge is 2.32. The number of carbonyl (C=O) groups is 2. The van der Waals surface area contributed by atoms with Crippen LogP contribution in [0.3, 0.4) is 0 Å². The number of rotatable bonds is 6. The first-order valence-electron chi connectivity index (χ1n) is 8.06. The van der Waals surface area contributed by atoms with Gasteiger partial charge in [-0.1, -0.05) is 36.4 Å². The molecule has 2 aromatic rings. The predicted molar refractivity (Wildman–Crippen MR) is 94.0 cm³/mol. The van der Waals surface area contributed by atoms with Crippen molar-refractivity contribution in [2.24, 2.45) is 0 Å². The van der Waals surface area contributed by atoms with Crippen molar-refractivity contribution in [3.8, 4) is 0 Å². The summed E-state index contributed by atoms with van der Waals surface area (Å²) in [6.07, 6.45) is 0. The Kier molecular flexibility index (Phi) is 5.57. The molecule has 2 aromatic carbocycles. The fourth-order valence-electron chi connectivity index (χ4n) is 2.86. The number of carboxylic acid groups (broad SMARTS) is 1. The first kappa shape index (κ1) is 18.6. The maximum absolute atomic E-state index is 13.0. The average Bonchev–Trinajstić information content (AvgIpc) is 2.56. The van der Waals surface area contributed by atoms with Gasteiger partial charge in [-0.15, -0.1) is 0 Å². The zero-order valence-corrected chi connectivity index (χ0v) is 14.5. The van der Waals surface area contributed by atoms with Crippen LogP contribution < -0.4 is 5.32 Å². The Balaban J connectivity index is 2.14. The van der Waals surface area contributed by atoms with Crippen LogP contribution in [-0.2, 0) is 15.0 Å². The number of carbonyl (C=O) groups excluding carboxylic acids is 1. The van der Waals surface area contributed by atoms with Crippen molar-refractivity contribution in [1.82, 2.24) is 5.32 Å². The van der Waals surface area contributed by atoms with Gasteiger partial charge in [0.25, 0.3) is 0 Å². The van der Waals surface area contributed by atoms with Gasteiger partial charge < -0.3 is 10.4 Å². The summed E-state index contributed by atoms with van der Waals surface area (Å²) in [5.74, 6) is -2.69. The molecule has 1 unspecified atom stereocenters. The van der Waals surface area contributed by atoms with Gasteiger partial charge in [0.15, 0.2) is 0 Å². The third-order valence-electron chi connectivity index (χ3n) is 4.42. The molecular formula is C20H22FNO3. The molecule has 2 rings (SSSR count). The van der Waals surface area contributed by atoms with Crippen molar-refractivity contribution in [3.63, 3.8) is 0 Å². The number of nitrogens with one attached hydrogen (secondary N) is 1. The second kappa shape index (κ2) is 7.47. The van der Waals surface area contributed by atoms with Crippen LogP contribution in [0.15, 0.2) is 48.5 Å². The maximum Gasteiger partial charge on any atom is 0.312 e. The number of halogens is 1. The third-order valence-corrected chi connectivity index (χ3v) is 4.42. The van der Waals surface area contributed by atoms with E-state index in [1.165, 1.54) is 24.3 Å². The van der Waals surface area contributed by atoms with E-state index in [0.29, 0.717) is 5.56 Å². The Morgan fingerprint density at radius 2 is 1.72 bits per heavy atom. The molecule has 4 nitrogen and oxygen atoms in total. The Hall–Kier alpha value is -2.69. The molecule has 0 spiro atoms. The highest BCUT2D eigenvalue weighted by Crippen LogP contribution is 2.26. The smallest absolute Gasteiger partial charge is 0.312 e. The monoisotopic (exact) mass is 343 g/mol. The number of carboxylic acids is 1. The van der Waals surface area contributed by atoms with E-state index in [2.05, 4.69) is 5.32 Å². The zero-order valence-electron chi connectivity index (χ0n) is 14.5. The molecule has 0 aliphatic carbocycles. The lowest BCUT2D eigenvalue weighted by Crippen LogP contribution is -2.43. The number of hydrogen-bond acceptors (Lipinski definition) is 2. The Labute approximate surface area is 146 Å². The molecule has 0 saturated carbocycles. The van der Waals surface area contributed by atoms with Gasteiger partial charge in [0.2, 0.25) is 5.91 Å². The minimum atomic E-state index is -1.07. The molecule has 0 fully saturated rings. The van der Waals surface area contributed by atoms with E-state index < -0.39 is 23.1 Å². The summed E-state index contributed by atoms with van der Waals surface area (Å²) in [5, 5.41) is 12.2. The molecule has 132 valence electrons. The molecule has 0 heterocycles. The van der Waals surface area contributed by atoms with Crippen LogP contribution in [0.2, 0.25) is 0 Å². The van der Waals surface area contributed by atoms with Crippen LogP contribution in [0.4, 0.5) is 4.39 Å². The zero-order chi connectivity index (χ0) is 18.6. The van der Waals surface area contributed by atoms with Gasteiger partial charge in [0.1, 0.15) is 5.82 Å². The summed E-state index contributed by atoms with van der Waals surface area (Å²) in [6.45, 7) is 5.48. The van der Waals surface area contributed by atoms with Crippen molar-refractivity contribution >= 4 is 11.9 Å². The highest BCUT2D eigenvalue weighted by atomic mass is 19.1. The number of benzene rings is 2. The standard InChI is InChI=1S/C20H22FNO3/c1-13-6-4-5-7-17(13)20(2,3)19(25)22-12-16(18(23)24)14-8-10-15(21)11-9-14/h4-11,16H,12H2,1-3H3,(H,22,25)(H,23,24). The maximum atomic E-state index is 13.0. The van der Waals surface area contributed by atoms with Gasteiger partial charge in [0, 0.05) is 6.54 Å². The van der Waals surface area contributed by atoms with Gasteiger partial charge in [-0.05, 0) is 49.6 Å². The molecule has 0 aromatic heterocycles. The van der Waals surface area contributed by atoms with Crippen LogP contribution in [0.1, 0.15) is 36.5 Å². The highest BCUT2D eigenvalue weighted by molar-refractivity contribution is 5.88. The molecular weight excluding hydrogens is 321 g/mol. The van der Waals surface area contributed by atoms with Gasteiger partial charge in [-0.3, -0.25) is 9.59 Å². The Bertz CT molecular complexity index is 769. The van der Waals surface area contributed by atoms with E-state index in [1.807, 2.05) is 31.2 Å². The summed E-state index contributed by atoms with van der Waals surface area (Å²) in [4.78, 5) is 24.2. The normalized spacial score (nSPS) is 12.5. The van der Waals surface area contributed by atoms with E-state index in [4.69, 9.17) is 0 Å². The summed E-state index contributed by atoms with van der Waals surface area (Å²) >= 11 is 0. The van der Waals surface area contributed by atoms with E-state index in [0.717, 1.165) is 11.1 Å². The third kappa shape index (κ3) is 4.24. The Morgan fingerprint density at radius 1 is 1.12 bits per heavy atom. The SMILES string of the molecule is Cc1ccccc1C(C)(C)C(=O)NCC(C(=O)O)c1ccc(F)cc1. The molecule has 5 heteroatoms. The molecule has 0 bridgehead atoms. The number of aliphatic carboxylic acids is 1. The Morgan fingerprint density at radius 3 is 2.28 bits per heavy atom. The molecule has 0 aliphatic heterocycles. The molecule has 25 heavy (non-hydrogen) atoms. The quantitative estimate of drug-likeness (QED) is 0.845. The van der Waals surface area contributed by atoms with E-state index in [9.17, 15) is 19.1 Å². The lowest BCUT2D eigenvalue weighted by Gasteiger charge is -2.27. The number of aryl methyl sites for hydroxylation is 1. The van der Waals surface area contributed by atoms with E-state index >= 15 is 0 Å². The summed E-state index contributed by atoms with van der Waals surface area (Å²) in [5.41, 5.74) is 1.54. The minimum Gasteiger partial charge on any atom is -0.481 e. The lowest BCUT2D eigenvalue weighted by atomic mass is 9.81. The van der Waals surface area contributed by atoms with Crippen molar-refractivity contribution in [2.75, 3.05) is 6.54 Å². The van der Waals surface area contributed by atoms with Gasteiger partial charge in [-0.2, -0.15) is 0 Å². The molecule has 0 saturated heterocycles. The van der Waals surface area contributed by atoms with Crippen molar-refractivity contribution in [3.05, 3.63) is 71.0 Å². The van der Waals surface area contributed by atoms with E-state index in [-0.39, 0.29) is 12.5 Å². The first-order chi connectivity index (χ1) is 11.7. The van der Waals surface area contributed by atoms with Crippen LogP contribution in [0.5, 0.6) is 0 Å². The lowest BCUT2D eigenvalue weighted by molar-refractivity contribution is -0.138. The van der Waals surface area contributed by atoms with E-state index in [1.54, 1.807) is 13.8 Å². The topological polar surface area (TPSA) is 66.4 Å². The fraction of sp³-hybridized carbons (Fsp3) is 0.300. The van der Waals surface area contributed by atoms with Gasteiger partial charge in [0.05, 0.1) is 11.3 Å². The summed E-state index contributed by atoms with van der Waals surface area (Å²) in [6, 6.07) is 12.9.